The number of carboxylic acid groups (broad SMARTS) is 1. The van der Waals surface area contributed by atoms with Gasteiger partial charge in [0.05, 0.1) is 5.57 Å². The van der Waals surface area contributed by atoms with Gasteiger partial charge in [0.25, 0.3) is 0 Å². The van der Waals surface area contributed by atoms with Crippen LogP contribution in [0.3, 0.4) is 0 Å². The molecule has 0 radical (unpaired) electrons. The summed E-state index contributed by atoms with van der Waals surface area (Å²) in [6.07, 6.45) is 7.75. The zero-order valence-electron chi connectivity index (χ0n) is 7.79. The lowest BCUT2D eigenvalue weighted by Gasteiger charge is -2.24. The molecule has 0 spiro atoms. The monoisotopic (exact) mass is 206 g/mol. The molecular weight excluding hydrogens is 196 g/mol. The Bertz CT molecular complexity index is 426. The number of aliphatic carboxylic acids is 1. The SMILES string of the molecule is O=C(O)C1=CC2C=C(O)C=CC2C=C1O. The zero-order chi connectivity index (χ0) is 11.0. The molecule has 2 rings (SSSR count). The predicted octanol–water partition coefficient (Wildman–Crippen LogP) is 1.70. The molecule has 2 unspecified atom stereocenters. The lowest BCUT2D eigenvalue weighted by Crippen LogP contribution is -2.18. The van der Waals surface area contributed by atoms with Crippen LogP contribution in [0.25, 0.3) is 0 Å². The van der Waals surface area contributed by atoms with E-state index in [1.54, 1.807) is 12.2 Å². The highest BCUT2D eigenvalue weighted by atomic mass is 16.4. The van der Waals surface area contributed by atoms with E-state index in [-0.39, 0.29) is 28.9 Å². The van der Waals surface area contributed by atoms with E-state index < -0.39 is 5.97 Å². The second-order valence-corrected chi connectivity index (χ2v) is 3.54. The molecule has 2 atom stereocenters. The third-order valence-electron chi connectivity index (χ3n) is 2.51. The fourth-order valence-corrected chi connectivity index (χ4v) is 1.76. The third-order valence-corrected chi connectivity index (χ3v) is 2.51. The van der Waals surface area contributed by atoms with Gasteiger partial charge in [-0.1, -0.05) is 12.2 Å². The van der Waals surface area contributed by atoms with Crippen molar-refractivity contribution in [2.45, 2.75) is 0 Å². The van der Waals surface area contributed by atoms with E-state index in [0.29, 0.717) is 0 Å². The Labute approximate surface area is 86.2 Å². The van der Waals surface area contributed by atoms with Gasteiger partial charge in [-0.3, -0.25) is 0 Å². The minimum absolute atomic E-state index is 0.0796. The molecule has 0 fully saturated rings. The van der Waals surface area contributed by atoms with Gasteiger partial charge in [-0.2, -0.15) is 0 Å². The Balaban J connectivity index is 2.37. The van der Waals surface area contributed by atoms with Crippen molar-refractivity contribution in [1.82, 2.24) is 0 Å². The fourth-order valence-electron chi connectivity index (χ4n) is 1.76. The maximum absolute atomic E-state index is 10.8. The van der Waals surface area contributed by atoms with Crippen molar-refractivity contribution in [3.63, 3.8) is 0 Å². The predicted molar refractivity (Wildman–Crippen MR) is 53.3 cm³/mol. The van der Waals surface area contributed by atoms with Gasteiger partial charge in [0.2, 0.25) is 0 Å². The maximum Gasteiger partial charge on any atom is 0.339 e. The number of fused-ring (bicyclic) bond motifs is 1. The van der Waals surface area contributed by atoms with E-state index >= 15 is 0 Å². The molecule has 0 aliphatic heterocycles. The fraction of sp³-hybridized carbons (Fsp3) is 0.182. The van der Waals surface area contributed by atoms with Crippen molar-refractivity contribution in [1.29, 1.82) is 0 Å². The summed E-state index contributed by atoms with van der Waals surface area (Å²) in [5.74, 6) is -1.54. The number of carboxylic acids is 1. The third kappa shape index (κ3) is 1.66. The van der Waals surface area contributed by atoms with Crippen LogP contribution < -0.4 is 0 Å². The number of aliphatic hydroxyl groups excluding tert-OH is 2. The van der Waals surface area contributed by atoms with Gasteiger partial charge in [-0.25, -0.2) is 4.79 Å². The Morgan fingerprint density at radius 1 is 1.13 bits per heavy atom. The summed E-state index contributed by atoms with van der Waals surface area (Å²) < 4.78 is 0. The van der Waals surface area contributed by atoms with Crippen LogP contribution in [-0.2, 0) is 4.79 Å². The van der Waals surface area contributed by atoms with Crippen LogP contribution in [0, 0.1) is 11.8 Å². The van der Waals surface area contributed by atoms with Gasteiger partial charge in [-0.15, -0.1) is 0 Å². The topological polar surface area (TPSA) is 77.8 Å². The smallest absolute Gasteiger partial charge is 0.339 e. The van der Waals surface area contributed by atoms with Gasteiger partial charge < -0.3 is 15.3 Å². The van der Waals surface area contributed by atoms with Crippen molar-refractivity contribution in [2.24, 2.45) is 11.8 Å². The number of hydrogen-bond donors (Lipinski definition) is 3. The molecule has 0 saturated heterocycles. The Hall–Kier alpha value is -1.97. The van der Waals surface area contributed by atoms with E-state index in [0.717, 1.165) is 0 Å². The molecule has 2 aliphatic carbocycles. The first-order valence-corrected chi connectivity index (χ1v) is 4.53. The Morgan fingerprint density at radius 3 is 2.53 bits per heavy atom. The van der Waals surface area contributed by atoms with Crippen LogP contribution in [0.1, 0.15) is 0 Å². The second kappa shape index (κ2) is 3.31. The van der Waals surface area contributed by atoms with Crippen LogP contribution in [0.15, 0.2) is 47.5 Å². The first-order valence-electron chi connectivity index (χ1n) is 4.53. The molecule has 0 amide bonds. The van der Waals surface area contributed by atoms with Crippen LogP contribution in [0.2, 0.25) is 0 Å². The highest BCUT2D eigenvalue weighted by Gasteiger charge is 2.26. The molecule has 4 heteroatoms. The zero-order valence-corrected chi connectivity index (χ0v) is 7.79. The maximum atomic E-state index is 10.8. The van der Waals surface area contributed by atoms with Gasteiger partial charge >= 0.3 is 5.97 Å². The highest BCUT2D eigenvalue weighted by molar-refractivity contribution is 5.91. The van der Waals surface area contributed by atoms with Crippen LogP contribution in [0.5, 0.6) is 0 Å². The van der Waals surface area contributed by atoms with Gasteiger partial charge in [0, 0.05) is 11.8 Å². The lowest BCUT2D eigenvalue weighted by molar-refractivity contribution is -0.132. The molecule has 0 aromatic rings. The number of allylic oxidation sites excluding steroid dienone is 5. The average molecular weight is 206 g/mol. The van der Waals surface area contributed by atoms with Gasteiger partial charge in [0.15, 0.2) is 0 Å². The highest BCUT2D eigenvalue weighted by Crippen LogP contribution is 2.32. The van der Waals surface area contributed by atoms with E-state index in [1.807, 2.05) is 0 Å². The molecule has 2 aliphatic rings. The number of carbonyl (C=O) groups is 1. The normalized spacial score (nSPS) is 28.7. The van der Waals surface area contributed by atoms with Crippen molar-refractivity contribution in [3.8, 4) is 0 Å². The average Bonchev–Trinajstić information content (AvgIpc) is 2.17. The van der Waals surface area contributed by atoms with E-state index in [9.17, 15) is 15.0 Å². The van der Waals surface area contributed by atoms with Crippen molar-refractivity contribution in [3.05, 3.63) is 47.5 Å². The number of rotatable bonds is 1. The van der Waals surface area contributed by atoms with Crippen molar-refractivity contribution >= 4 is 5.97 Å². The van der Waals surface area contributed by atoms with Crippen molar-refractivity contribution in [2.75, 3.05) is 0 Å². The van der Waals surface area contributed by atoms with Crippen LogP contribution in [-0.4, -0.2) is 21.3 Å². The quantitative estimate of drug-likeness (QED) is 0.610. The molecule has 4 nitrogen and oxygen atoms in total. The second-order valence-electron chi connectivity index (χ2n) is 3.54. The Morgan fingerprint density at radius 2 is 1.87 bits per heavy atom. The van der Waals surface area contributed by atoms with E-state index in [1.165, 1.54) is 18.2 Å². The number of hydrogen-bond acceptors (Lipinski definition) is 3. The van der Waals surface area contributed by atoms with E-state index in [4.69, 9.17) is 5.11 Å². The molecule has 15 heavy (non-hydrogen) atoms. The van der Waals surface area contributed by atoms with E-state index in [2.05, 4.69) is 0 Å². The summed E-state index contributed by atoms with van der Waals surface area (Å²) in [7, 11) is 0. The molecule has 3 N–H and O–H groups in total. The number of aliphatic hydroxyl groups is 2. The summed E-state index contributed by atoms with van der Waals surface area (Å²) in [4.78, 5) is 10.8. The molecule has 78 valence electrons. The summed E-state index contributed by atoms with van der Waals surface area (Å²) in [5, 5.41) is 27.5. The van der Waals surface area contributed by atoms with Gasteiger partial charge in [-0.05, 0) is 18.2 Å². The van der Waals surface area contributed by atoms with Crippen LogP contribution >= 0.6 is 0 Å². The summed E-state index contributed by atoms with van der Waals surface area (Å²) in [6, 6.07) is 0. The minimum Gasteiger partial charge on any atom is -0.508 e. The molecule has 0 bridgehead atoms. The van der Waals surface area contributed by atoms with Crippen LogP contribution in [0.4, 0.5) is 0 Å². The molecule has 0 aromatic carbocycles. The lowest BCUT2D eigenvalue weighted by atomic mass is 9.82. The summed E-state index contributed by atoms with van der Waals surface area (Å²) in [6.45, 7) is 0. The largest absolute Gasteiger partial charge is 0.508 e. The molecule has 0 saturated carbocycles. The molecule has 0 heterocycles. The Kier molecular flexibility index (Phi) is 2.11. The van der Waals surface area contributed by atoms with Crippen molar-refractivity contribution < 1.29 is 20.1 Å². The first-order chi connectivity index (χ1) is 7.08. The molecular formula is C11H10O4. The first kappa shape index (κ1) is 9.58. The molecule has 0 aromatic heterocycles. The standard InChI is InChI=1S/C11H10O4/c12-8-2-1-6-5-10(13)9(11(14)15)4-7(6)3-8/h1-7,12-13H,(H,14,15). The summed E-state index contributed by atoms with van der Waals surface area (Å²) >= 11 is 0. The minimum atomic E-state index is -1.16. The van der Waals surface area contributed by atoms with Gasteiger partial charge in [0.1, 0.15) is 11.5 Å². The summed E-state index contributed by atoms with van der Waals surface area (Å²) in [5.41, 5.74) is -0.115.